The van der Waals surface area contributed by atoms with Gasteiger partial charge in [0, 0.05) is 18.0 Å². The highest BCUT2D eigenvalue weighted by molar-refractivity contribution is 7.18. The lowest BCUT2D eigenvalue weighted by Crippen LogP contribution is -2.44. The summed E-state index contributed by atoms with van der Waals surface area (Å²) >= 11 is 1.51. The third-order valence-corrected chi connectivity index (χ3v) is 4.80. The van der Waals surface area contributed by atoms with E-state index in [0.717, 1.165) is 34.7 Å². The zero-order valence-electron chi connectivity index (χ0n) is 11.2. The fourth-order valence-electron chi connectivity index (χ4n) is 2.31. The van der Waals surface area contributed by atoms with Gasteiger partial charge in [-0.25, -0.2) is 4.98 Å². The third kappa shape index (κ3) is 2.14. The summed E-state index contributed by atoms with van der Waals surface area (Å²) in [5, 5.41) is 4.93. The van der Waals surface area contributed by atoms with Crippen LogP contribution < -0.4 is 5.73 Å². The number of pyridine rings is 1. The highest BCUT2D eigenvalue weighted by Crippen LogP contribution is 2.38. The van der Waals surface area contributed by atoms with E-state index in [0.29, 0.717) is 11.7 Å². The van der Waals surface area contributed by atoms with E-state index in [1.165, 1.54) is 11.3 Å². The standard InChI is InChI=1S/C14H13N5OS/c15-14(4-1-5-14)13-18-11(20-19-13)10-8-17-12(21-10)9-2-6-16-7-3-9/h2-3,6-8H,1,4-5,15H2. The lowest BCUT2D eigenvalue weighted by atomic mass is 9.77. The van der Waals surface area contributed by atoms with Crippen molar-refractivity contribution in [2.75, 3.05) is 0 Å². The van der Waals surface area contributed by atoms with Crippen LogP contribution in [-0.2, 0) is 5.54 Å². The van der Waals surface area contributed by atoms with Gasteiger partial charge in [0.1, 0.15) is 9.88 Å². The molecule has 3 aromatic heterocycles. The number of rotatable bonds is 3. The van der Waals surface area contributed by atoms with Crippen molar-refractivity contribution in [3.63, 3.8) is 0 Å². The maximum Gasteiger partial charge on any atom is 0.269 e. The second-order valence-corrected chi connectivity index (χ2v) is 6.23. The van der Waals surface area contributed by atoms with Crippen LogP contribution in [0.3, 0.4) is 0 Å². The van der Waals surface area contributed by atoms with Gasteiger partial charge in [-0.15, -0.1) is 11.3 Å². The summed E-state index contributed by atoms with van der Waals surface area (Å²) in [7, 11) is 0. The molecule has 0 aromatic carbocycles. The van der Waals surface area contributed by atoms with Crippen LogP contribution in [0, 0.1) is 0 Å². The van der Waals surface area contributed by atoms with Crippen LogP contribution in [0.1, 0.15) is 25.1 Å². The van der Waals surface area contributed by atoms with Crippen molar-refractivity contribution in [3.8, 4) is 21.3 Å². The van der Waals surface area contributed by atoms with Gasteiger partial charge in [0.2, 0.25) is 0 Å². The summed E-state index contributed by atoms with van der Waals surface area (Å²) in [4.78, 5) is 13.7. The molecule has 1 fully saturated rings. The Labute approximate surface area is 125 Å². The van der Waals surface area contributed by atoms with E-state index in [9.17, 15) is 0 Å². The van der Waals surface area contributed by atoms with Crippen LogP contribution in [0.2, 0.25) is 0 Å². The van der Waals surface area contributed by atoms with Gasteiger partial charge in [0.15, 0.2) is 5.82 Å². The van der Waals surface area contributed by atoms with Crippen molar-refractivity contribution in [1.29, 1.82) is 0 Å². The number of aromatic nitrogens is 4. The Hall–Kier alpha value is -2.12. The highest BCUT2D eigenvalue weighted by Gasteiger charge is 2.39. The van der Waals surface area contributed by atoms with Crippen LogP contribution in [0.25, 0.3) is 21.3 Å². The lowest BCUT2D eigenvalue weighted by molar-refractivity contribution is 0.229. The molecule has 0 unspecified atom stereocenters. The molecule has 0 saturated heterocycles. The molecule has 0 spiro atoms. The first-order chi connectivity index (χ1) is 10.2. The van der Waals surface area contributed by atoms with Gasteiger partial charge < -0.3 is 10.3 Å². The Morgan fingerprint density at radius 3 is 2.76 bits per heavy atom. The molecular formula is C14H13N5OS. The average Bonchev–Trinajstić information content (AvgIpc) is 3.14. The predicted molar refractivity (Wildman–Crippen MR) is 78.4 cm³/mol. The molecule has 0 atom stereocenters. The molecule has 7 heteroatoms. The Bertz CT molecular complexity index is 763. The lowest BCUT2D eigenvalue weighted by Gasteiger charge is -2.34. The Kier molecular flexibility index (Phi) is 2.83. The van der Waals surface area contributed by atoms with E-state index in [-0.39, 0.29) is 0 Å². The van der Waals surface area contributed by atoms with Crippen LogP contribution >= 0.6 is 11.3 Å². The Balaban J connectivity index is 1.64. The molecule has 3 aromatic rings. The molecule has 21 heavy (non-hydrogen) atoms. The summed E-state index contributed by atoms with van der Waals surface area (Å²) in [6.07, 6.45) is 8.19. The quantitative estimate of drug-likeness (QED) is 0.799. The number of nitrogens with zero attached hydrogens (tertiary/aromatic N) is 4. The molecule has 6 nitrogen and oxygen atoms in total. The molecule has 1 aliphatic carbocycles. The summed E-state index contributed by atoms with van der Waals surface area (Å²) in [5.41, 5.74) is 6.83. The van der Waals surface area contributed by atoms with E-state index in [4.69, 9.17) is 10.3 Å². The predicted octanol–water partition coefficient (Wildman–Crippen LogP) is 2.59. The molecule has 106 valence electrons. The van der Waals surface area contributed by atoms with Gasteiger partial charge in [-0.05, 0) is 31.4 Å². The van der Waals surface area contributed by atoms with Gasteiger partial charge in [0.25, 0.3) is 5.89 Å². The maximum absolute atomic E-state index is 6.21. The molecule has 2 N–H and O–H groups in total. The molecule has 0 amide bonds. The van der Waals surface area contributed by atoms with Crippen molar-refractivity contribution in [2.24, 2.45) is 5.73 Å². The number of hydrogen-bond donors (Lipinski definition) is 1. The van der Waals surface area contributed by atoms with Crippen LogP contribution in [0.5, 0.6) is 0 Å². The second kappa shape index (κ2) is 4.71. The fourth-order valence-corrected chi connectivity index (χ4v) is 3.15. The topological polar surface area (TPSA) is 90.7 Å². The summed E-state index contributed by atoms with van der Waals surface area (Å²) in [6, 6.07) is 3.84. The van der Waals surface area contributed by atoms with Crippen LogP contribution in [-0.4, -0.2) is 20.1 Å². The fraction of sp³-hybridized carbons (Fsp3) is 0.286. The Morgan fingerprint density at radius 2 is 2.05 bits per heavy atom. The van der Waals surface area contributed by atoms with Gasteiger partial charge in [-0.1, -0.05) is 5.16 Å². The molecular weight excluding hydrogens is 286 g/mol. The number of hydrogen-bond acceptors (Lipinski definition) is 7. The van der Waals surface area contributed by atoms with E-state index < -0.39 is 5.54 Å². The number of nitrogens with two attached hydrogens (primary N) is 1. The molecule has 0 radical (unpaired) electrons. The highest BCUT2D eigenvalue weighted by atomic mass is 32.1. The summed E-state index contributed by atoms with van der Waals surface area (Å²) in [6.45, 7) is 0. The van der Waals surface area contributed by atoms with E-state index in [1.807, 2.05) is 12.1 Å². The summed E-state index contributed by atoms with van der Waals surface area (Å²) < 4.78 is 5.34. The van der Waals surface area contributed by atoms with Crippen molar-refractivity contribution in [2.45, 2.75) is 24.8 Å². The zero-order valence-corrected chi connectivity index (χ0v) is 12.0. The minimum atomic E-state index is -0.402. The van der Waals surface area contributed by atoms with Crippen molar-refractivity contribution >= 4 is 11.3 Å². The molecule has 0 aliphatic heterocycles. The molecule has 1 saturated carbocycles. The molecule has 1 aliphatic rings. The van der Waals surface area contributed by atoms with E-state index >= 15 is 0 Å². The Morgan fingerprint density at radius 1 is 1.24 bits per heavy atom. The minimum absolute atomic E-state index is 0.402. The maximum atomic E-state index is 6.21. The van der Waals surface area contributed by atoms with Gasteiger partial charge in [-0.2, -0.15) is 4.98 Å². The minimum Gasteiger partial charge on any atom is -0.333 e. The van der Waals surface area contributed by atoms with E-state index in [2.05, 4.69) is 20.1 Å². The van der Waals surface area contributed by atoms with Crippen LogP contribution in [0.15, 0.2) is 35.2 Å². The molecule has 0 bridgehead atoms. The number of thiazole rings is 1. The van der Waals surface area contributed by atoms with Gasteiger partial charge in [-0.3, -0.25) is 4.98 Å². The first kappa shape index (κ1) is 12.6. The third-order valence-electron chi connectivity index (χ3n) is 3.76. The zero-order chi connectivity index (χ0) is 14.3. The van der Waals surface area contributed by atoms with Gasteiger partial charge in [0.05, 0.1) is 11.7 Å². The van der Waals surface area contributed by atoms with Crippen molar-refractivity contribution in [3.05, 3.63) is 36.5 Å². The first-order valence-corrected chi connectivity index (χ1v) is 7.56. The van der Waals surface area contributed by atoms with Crippen molar-refractivity contribution in [1.82, 2.24) is 20.1 Å². The van der Waals surface area contributed by atoms with E-state index in [1.54, 1.807) is 18.6 Å². The molecule has 3 heterocycles. The monoisotopic (exact) mass is 299 g/mol. The van der Waals surface area contributed by atoms with Crippen molar-refractivity contribution < 1.29 is 4.52 Å². The normalized spacial score (nSPS) is 16.6. The largest absolute Gasteiger partial charge is 0.333 e. The summed E-state index contributed by atoms with van der Waals surface area (Å²) in [5.74, 6) is 1.09. The molecule has 4 rings (SSSR count). The van der Waals surface area contributed by atoms with Gasteiger partial charge >= 0.3 is 0 Å². The second-order valence-electron chi connectivity index (χ2n) is 5.20. The first-order valence-electron chi connectivity index (χ1n) is 6.74. The average molecular weight is 299 g/mol. The SMILES string of the molecule is NC1(c2noc(-c3cnc(-c4ccncc4)s3)n2)CCC1. The smallest absolute Gasteiger partial charge is 0.269 e. The van der Waals surface area contributed by atoms with Crippen LogP contribution in [0.4, 0.5) is 0 Å².